The van der Waals surface area contributed by atoms with Gasteiger partial charge in [-0.05, 0) is 42.5 Å². The van der Waals surface area contributed by atoms with E-state index in [0.29, 0.717) is 17.3 Å². The van der Waals surface area contributed by atoms with Gasteiger partial charge >= 0.3 is 0 Å². The summed E-state index contributed by atoms with van der Waals surface area (Å²) >= 11 is -1.13. The molecule has 2 aromatic carbocycles. The Morgan fingerprint density at radius 2 is 1.92 bits per heavy atom. The molecule has 0 radical (unpaired) electrons. The van der Waals surface area contributed by atoms with Crippen LogP contribution >= 0.6 is 0 Å². The predicted octanol–water partition coefficient (Wildman–Crippen LogP) is 3.66. The summed E-state index contributed by atoms with van der Waals surface area (Å²) in [6, 6.07) is 16.8. The molecule has 0 aliphatic heterocycles. The molecule has 1 unspecified atom stereocenters. The lowest BCUT2D eigenvalue weighted by atomic mass is 10.1. The maximum absolute atomic E-state index is 11.2. The first-order valence-electron chi connectivity index (χ1n) is 7.07. The zero-order chi connectivity index (χ0) is 16.9. The van der Waals surface area contributed by atoms with Crippen LogP contribution in [0.2, 0.25) is 0 Å². The summed E-state index contributed by atoms with van der Waals surface area (Å²) in [4.78, 5) is 4.20. The Balaban J connectivity index is 1.75. The van der Waals surface area contributed by atoms with Crippen molar-refractivity contribution < 1.29 is 8.97 Å². The van der Waals surface area contributed by atoms with Gasteiger partial charge in [0.1, 0.15) is 6.26 Å². The Morgan fingerprint density at radius 3 is 2.62 bits per heavy atom. The lowest BCUT2D eigenvalue weighted by molar-refractivity contribution is 0.592. The molecule has 24 heavy (non-hydrogen) atoms. The molecule has 0 saturated carbocycles. The predicted molar refractivity (Wildman–Crippen MR) is 94.1 cm³/mol. The van der Waals surface area contributed by atoms with Gasteiger partial charge in [-0.1, -0.05) is 6.07 Å². The molecule has 1 atom stereocenters. The van der Waals surface area contributed by atoms with Crippen LogP contribution in [0, 0.1) is 11.3 Å². The van der Waals surface area contributed by atoms with Crippen LogP contribution in [0.3, 0.4) is 0 Å². The number of hydrogen-bond acceptors (Lipinski definition) is 6. The van der Waals surface area contributed by atoms with Crippen molar-refractivity contribution in [3.05, 3.63) is 60.3 Å². The molecule has 1 aromatic heterocycles. The van der Waals surface area contributed by atoms with Crippen molar-refractivity contribution in [2.24, 2.45) is 0 Å². The minimum Gasteiger partial charge on any atom is -0.593 e. The van der Waals surface area contributed by atoms with Gasteiger partial charge in [0.2, 0.25) is 0 Å². The molecule has 0 aliphatic rings. The molecule has 1 heterocycles. The van der Waals surface area contributed by atoms with Crippen molar-refractivity contribution in [3.8, 4) is 17.4 Å². The highest BCUT2D eigenvalue weighted by Gasteiger charge is 2.08. The zero-order valence-electron chi connectivity index (χ0n) is 12.8. The van der Waals surface area contributed by atoms with Gasteiger partial charge in [-0.25, -0.2) is 9.71 Å². The van der Waals surface area contributed by atoms with Crippen LogP contribution in [0.15, 0.2) is 59.1 Å². The molecule has 7 heteroatoms. The lowest BCUT2D eigenvalue weighted by Gasteiger charge is -2.08. The molecule has 0 saturated heterocycles. The third-order valence-corrected chi connectivity index (χ3v) is 3.70. The van der Waals surface area contributed by atoms with E-state index in [1.165, 1.54) is 0 Å². The quantitative estimate of drug-likeness (QED) is 0.689. The smallest absolute Gasteiger partial charge is 0.299 e. The highest BCUT2D eigenvalue weighted by molar-refractivity contribution is 7.92. The van der Waals surface area contributed by atoms with E-state index in [4.69, 9.17) is 9.68 Å². The minimum atomic E-state index is -1.13. The molecular weight excluding hydrogens is 324 g/mol. The topological polar surface area (TPSA) is 96.9 Å². The molecule has 3 rings (SSSR count). The number of nitriles is 1. The Kier molecular flexibility index (Phi) is 4.70. The van der Waals surface area contributed by atoms with E-state index in [9.17, 15) is 4.55 Å². The van der Waals surface area contributed by atoms with E-state index < -0.39 is 11.4 Å². The van der Waals surface area contributed by atoms with Crippen molar-refractivity contribution >= 4 is 28.8 Å². The molecular formula is C17H14N4O2S. The second-order valence-electron chi connectivity index (χ2n) is 4.98. The van der Waals surface area contributed by atoms with Crippen LogP contribution in [0.25, 0.3) is 11.3 Å². The third kappa shape index (κ3) is 3.87. The van der Waals surface area contributed by atoms with Crippen LogP contribution in [0.5, 0.6) is 0 Å². The minimum absolute atomic E-state index is 0.351. The number of anilines is 3. The molecule has 0 aliphatic carbocycles. The largest absolute Gasteiger partial charge is 0.593 e. The Bertz CT molecular complexity index is 869. The summed E-state index contributed by atoms with van der Waals surface area (Å²) in [7, 11) is 0. The fraction of sp³-hybridized carbons (Fsp3) is 0.0588. The van der Waals surface area contributed by atoms with E-state index in [1.54, 1.807) is 24.6 Å². The second kappa shape index (κ2) is 7.08. The van der Waals surface area contributed by atoms with E-state index in [2.05, 4.69) is 21.1 Å². The summed E-state index contributed by atoms with van der Waals surface area (Å²) in [5, 5.41) is 11.9. The van der Waals surface area contributed by atoms with Gasteiger partial charge in [0, 0.05) is 11.3 Å². The number of benzene rings is 2. The van der Waals surface area contributed by atoms with Gasteiger partial charge in [-0.3, -0.25) is 0 Å². The summed E-state index contributed by atoms with van der Waals surface area (Å²) in [6.45, 7) is 0. The summed E-state index contributed by atoms with van der Waals surface area (Å²) < 4.78 is 19.7. The molecule has 0 spiro atoms. The van der Waals surface area contributed by atoms with Gasteiger partial charge in [-0.2, -0.15) is 5.26 Å². The van der Waals surface area contributed by atoms with E-state index in [-0.39, 0.29) is 0 Å². The van der Waals surface area contributed by atoms with Crippen LogP contribution < -0.4 is 10.0 Å². The monoisotopic (exact) mass is 338 g/mol. The average Bonchev–Trinajstić information content (AvgIpc) is 3.03. The Labute approximate surface area is 142 Å². The van der Waals surface area contributed by atoms with Crippen LogP contribution in [-0.2, 0) is 11.4 Å². The van der Waals surface area contributed by atoms with Crippen molar-refractivity contribution in [1.82, 2.24) is 4.98 Å². The molecule has 6 nitrogen and oxygen atoms in total. The zero-order valence-corrected chi connectivity index (χ0v) is 13.6. The lowest BCUT2D eigenvalue weighted by Crippen LogP contribution is -2.09. The molecule has 0 amide bonds. The summed E-state index contributed by atoms with van der Waals surface area (Å²) in [6.07, 6.45) is 3.19. The van der Waals surface area contributed by atoms with E-state index >= 15 is 0 Å². The molecule has 2 N–H and O–H groups in total. The maximum Gasteiger partial charge on any atom is 0.299 e. The number of nitrogens with zero attached hydrogens (tertiary/aromatic N) is 2. The van der Waals surface area contributed by atoms with Crippen LogP contribution in [-0.4, -0.2) is 15.8 Å². The van der Waals surface area contributed by atoms with Gasteiger partial charge in [0.25, 0.3) is 6.01 Å². The fourth-order valence-electron chi connectivity index (χ4n) is 2.12. The fourth-order valence-corrected chi connectivity index (χ4v) is 2.58. The molecule has 3 aromatic rings. The number of aromatic nitrogens is 1. The number of hydrogen-bond donors (Lipinski definition) is 2. The number of nitrogens with one attached hydrogen (secondary N) is 2. The Morgan fingerprint density at radius 1 is 1.17 bits per heavy atom. The second-order valence-corrected chi connectivity index (χ2v) is 6.09. The summed E-state index contributed by atoms with van der Waals surface area (Å²) in [5.74, 6) is 0.603. The summed E-state index contributed by atoms with van der Waals surface area (Å²) in [5.41, 5.74) is 2.93. The van der Waals surface area contributed by atoms with Gasteiger partial charge in [0.05, 0.1) is 34.9 Å². The van der Waals surface area contributed by atoms with Gasteiger partial charge in [-0.15, -0.1) is 0 Å². The van der Waals surface area contributed by atoms with E-state index in [1.807, 2.05) is 36.4 Å². The van der Waals surface area contributed by atoms with Crippen molar-refractivity contribution in [3.63, 3.8) is 0 Å². The van der Waals surface area contributed by atoms with Crippen LogP contribution in [0.1, 0.15) is 5.56 Å². The SMILES string of the molecule is C[S+]([O-])Nc1cccc(Nc2ncc(-c3ccc(C#N)cc3)o2)c1. The normalized spacial score (nSPS) is 11.5. The highest BCUT2D eigenvalue weighted by Crippen LogP contribution is 2.25. The van der Waals surface area contributed by atoms with Gasteiger partial charge < -0.3 is 14.3 Å². The van der Waals surface area contributed by atoms with Crippen molar-refractivity contribution in [2.45, 2.75) is 0 Å². The van der Waals surface area contributed by atoms with Crippen LogP contribution in [0.4, 0.5) is 17.4 Å². The van der Waals surface area contributed by atoms with Gasteiger partial charge in [0.15, 0.2) is 5.76 Å². The number of rotatable bonds is 5. The van der Waals surface area contributed by atoms with E-state index in [0.717, 1.165) is 16.9 Å². The standard InChI is InChI=1S/C17H14N4O2S/c1-24(22)21-15-4-2-3-14(9-15)20-17-19-11-16(23-17)13-7-5-12(10-18)6-8-13/h2-9,11,21H,1H3,(H,19,20). The molecule has 0 bridgehead atoms. The Hall–Kier alpha value is -2.95. The first kappa shape index (κ1) is 15.9. The number of oxazole rings is 1. The highest BCUT2D eigenvalue weighted by atomic mass is 32.2. The first-order chi connectivity index (χ1) is 11.6. The van der Waals surface area contributed by atoms with Crippen molar-refractivity contribution in [1.29, 1.82) is 5.26 Å². The van der Waals surface area contributed by atoms with Crippen molar-refractivity contribution in [2.75, 3.05) is 16.3 Å². The first-order valence-corrected chi connectivity index (χ1v) is 8.63. The molecule has 120 valence electrons. The maximum atomic E-state index is 11.2. The molecule has 0 fully saturated rings. The third-order valence-electron chi connectivity index (χ3n) is 3.18. The average molecular weight is 338 g/mol.